The van der Waals surface area contributed by atoms with Gasteiger partial charge in [-0.15, -0.1) is 13.2 Å². The van der Waals surface area contributed by atoms with Crippen LogP contribution in [0.3, 0.4) is 0 Å². The average molecular weight is 382 g/mol. The van der Waals surface area contributed by atoms with Crippen molar-refractivity contribution in [3.8, 4) is 0 Å². The van der Waals surface area contributed by atoms with Gasteiger partial charge in [-0.25, -0.2) is 28.1 Å². The highest BCUT2D eigenvalue weighted by atomic mass is 16.2. The Morgan fingerprint density at radius 1 is 0.929 bits per heavy atom. The van der Waals surface area contributed by atoms with Gasteiger partial charge >= 0.3 is 17.1 Å². The molecule has 8 heteroatoms. The van der Waals surface area contributed by atoms with Crippen molar-refractivity contribution in [1.29, 1.82) is 0 Å². The Labute approximate surface area is 161 Å². The van der Waals surface area contributed by atoms with Gasteiger partial charge in [0.2, 0.25) is 5.91 Å². The van der Waals surface area contributed by atoms with Gasteiger partial charge in [0.1, 0.15) is 6.54 Å². The zero-order valence-electron chi connectivity index (χ0n) is 15.5. The molecule has 0 aliphatic heterocycles. The Balaban J connectivity index is 1.92. The Morgan fingerprint density at radius 2 is 1.50 bits per heavy atom. The van der Waals surface area contributed by atoms with Gasteiger partial charge in [-0.05, 0) is 42.5 Å². The minimum Gasteiger partial charge on any atom is -0.325 e. The van der Waals surface area contributed by atoms with Gasteiger partial charge in [-0.1, -0.05) is 18.2 Å². The van der Waals surface area contributed by atoms with E-state index in [2.05, 4.69) is 18.5 Å². The number of rotatable bonds is 7. The van der Waals surface area contributed by atoms with Crippen molar-refractivity contribution in [3.05, 3.63) is 86.1 Å². The van der Waals surface area contributed by atoms with Gasteiger partial charge < -0.3 is 5.32 Å². The number of benzene rings is 1. The topological polar surface area (TPSA) is 95.1 Å². The quantitative estimate of drug-likeness (QED) is 0.712. The summed E-state index contributed by atoms with van der Waals surface area (Å²) in [5.74, 6) is -0.522. The van der Waals surface area contributed by atoms with Crippen molar-refractivity contribution in [3.63, 3.8) is 0 Å². The monoisotopic (exact) mass is 382 g/mol. The molecule has 1 heterocycles. The first-order valence-electron chi connectivity index (χ1n) is 9.04. The third-order valence-corrected chi connectivity index (χ3v) is 4.69. The molecule has 0 unspecified atom stereocenters. The molecule has 2 aromatic rings. The molecule has 0 bridgehead atoms. The molecule has 1 aromatic carbocycles. The smallest absolute Gasteiger partial charge is 0.325 e. The molecule has 28 heavy (non-hydrogen) atoms. The molecule has 0 spiro atoms. The molecule has 0 saturated carbocycles. The van der Waals surface area contributed by atoms with Gasteiger partial charge in [0.05, 0.1) is 13.1 Å². The Hall–Kier alpha value is -3.42. The van der Waals surface area contributed by atoms with E-state index >= 15 is 0 Å². The maximum Gasteiger partial charge on any atom is 0.337 e. The van der Waals surface area contributed by atoms with E-state index in [0.29, 0.717) is 5.69 Å². The molecule has 1 N–H and O–H groups in total. The Bertz CT molecular complexity index is 1070. The van der Waals surface area contributed by atoms with E-state index in [1.165, 1.54) is 23.3 Å². The fourth-order valence-corrected chi connectivity index (χ4v) is 3.38. The normalized spacial score (nSPS) is 12.4. The van der Waals surface area contributed by atoms with Gasteiger partial charge in [-0.2, -0.15) is 0 Å². The molecular formula is C20H22N4O4. The highest BCUT2D eigenvalue weighted by molar-refractivity contribution is 5.90. The summed E-state index contributed by atoms with van der Waals surface area (Å²) in [7, 11) is 0. The van der Waals surface area contributed by atoms with E-state index in [-0.39, 0.29) is 13.1 Å². The van der Waals surface area contributed by atoms with Crippen molar-refractivity contribution in [2.45, 2.75) is 38.9 Å². The van der Waals surface area contributed by atoms with E-state index in [0.717, 1.165) is 33.0 Å². The third kappa shape index (κ3) is 3.66. The largest absolute Gasteiger partial charge is 0.337 e. The summed E-state index contributed by atoms with van der Waals surface area (Å²) in [5, 5.41) is 2.72. The van der Waals surface area contributed by atoms with Crippen LogP contribution in [0, 0.1) is 0 Å². The van der Waals surface area contributed by atoms with E-state index in [1.54, 1.807) is 6.07 Å². The number of carbonyl (C=O) groups excluding carboxylic acids is 1. The summed E-state index contributed by atoms with van der Waals surface area (Å²) in [6, 6.07) is 5.70. The van der Waals surface area contributed by atoms with Crippen LogP contribution in [-0.2, 0) is 37.3 Å². The number of carbonyl (C=O) groups is 1. The number of allylic oxidation sites excluding steroid dienone is 2. The van der Waals surface area contributed by atoms with Gasteiger partial charge in [0.25, 0.3) is 0 Å². The highest BCUT2D eigenvalue weighted by Gasteiger charge is 2.17. The summed E-state index contributed by atoms with van der Waals surface area (Å²) in [4.78, 5) is 49.9. The van der Waals surface area contributed by atoms with Crippen LogP contribution in [0.1, 0.15) is 17.5 Å². The van der Waals surface area contributed by atoms with Crippen LogP contribution in [0.4, 0.5) is 5.69 Å². The van der Waals surface area contributed by atoms with Gasteiger partial charge in [0.15, 0.2) is 0 Å². The number of amides is 1. The SMILES string of the molecule is C=CCn1c(=O)n(CC=C)c(=O)n(CC(=O)Nc2ccc3c(c2)CCC3)c1=O. The highest BCUT2D eigenvalue weighted by Crippen LogP contribution is 2.24. The lowest BCUT2D eigenvalue weighted by Crippen LogP contribution is -2.55. The Morgan fingerprint density at radius 3 is 2.11 bits per heavy atom. The molecular weight excluding hydrogens is 360 g/mol. The number of nitrogens with zero attached hydrogens (tertiary/aromatic N) is 3. The number of aromatic nitrogens is 3. The lowest BCUT2D eigenvalue weighted by Gasteiger charge is -2.12. The van der Waals surface area contributed by atoms with Gasteiger partial charge in [0, 0.05) is 5.69 Å². The van der Waals surface area contributed by atoms with Crippen molar-refractivity contribution >= 4 is 11.6 Å². The number of anilines is 1. The second-order valence-electron chi connectivity index (χ2n) is 6.62. The molecule has 0 atom stereocenters. The number of hydrogen-bond acceptors (Lipinski definition) is 4. The number of hydrogen-bond donors (Lipinski definition) is 1. The predicted octanol–water partition coefficient (Wildman–Crippen LogP) is 0.671. The molecule has 8 nitrogen and oxygen atoms in total. The first kappa shape index (κ1) is 19.3. The van der Waals surface area contributed by atoms with Crippen molar-refractivity contribution in [2.75, 3.05) is 5.32 Å². The summed E-state index contributed by atoms with van der Waals surface area (Å²) in [6.07, 6.45) is 5.85. The van der Waals surface area contributed by atoms with Crippen LogP contribution in [-0.4, -0.2) is 19.6 Å². The maximum atomic E-state index is 12.6. The molecule has 0 radical (unpaired) electrons. The number of nitrogens with one attached hydrogen (secondary N) is 1. The maximum absolute atomic E-state index is 12.6. The van der Waals surface area contributed by atoms with Crippen LogP contribution in [0.2, 0.25) is 0 Å². The predicted molar refractivity (Wildman–Crippen MR) is 107 cm³/mol. The van der Waals surface area contributed by atoms with E-state index in [4.69, 9.17) is 0 Å². The van der Waals surface area contributed by atoms with Gasteiger partial charge in [-0.3, -0.25) is 4.79 Å². The lowest BCUT2D eigenvalue weighted by molar-refractivity contribution is -0.116. The summed E-state index contributed by atoms with van der Waals surface area (Å²) in [6.45, 7) is 6.40. The molecule has 146 valence electrons. The van der Waals surface area contributed by atoms with E-state index in [1.807, 2.05) is 12.1 Å². The van der Waals surface area contributed by atoms with Crippen LogP contribution in [0.25, 0.3) is 0 Å². The summed E-state index contributed by atoms with van der Waals surface area (Å²) >= 11 is 0. The van der Waals surface area contributed by atoms with Crippen LogP contribution in [0.15, 0.2) is 57.9 Å². The zero-order valence-corrected chi connectivity index (χ0v) is 15.5. The molecule has 3 rings (SSSR count). The van der Waals surface area contributed by atoms with Crippen molar-refractivity contribution in [1.82, 2.24) is 13.7 Å². The van der Waals surface area contributed by atoms with Crippen molar-refractivity contribution < 1.29 is 4.79 Å². The van der Waals surface area contributed by atoms with Crippen LogP contribution < -0.4 is 22.4 Å². The van der Waals surface area contributed by atoms with Crippen molar-refractivity contribution in [2.24, 2.45) is 0 Å². The Kier molecular flexibility index (Phi) is 5.58. The minimum atomic E-state index is -0.848. The number of fused-ring (bicyclic) bond motifs is 1. The first-order chi connectivity index (χ1) is 13.5. The lowest BCUT2D eigenvalue weighted by atomic mass is 10.1. The summed E-state index contributed by atoms with van der Waals surface area (Å²) < 4.78 is 2.47. The minimum absolute atomic E-state index is 0.0679. The standard InChI is InChI=1S/C20H22N4O4/c1-3-10-22-18(26)23(11-4-2)20(28)24(19(22)27)13-17(25)21-16-9-8-14-6-5-7-15(14)12-16/h3-4,8-9,12H,1-2,5-7,10-11,13H2,(H,21,25). The molecule has 0 saturated heterocycles. The van der Waals surface area contributed by atoms with Crippen LogP contribution in [0.5, 0.6) is 0 Å². The molecule has 1 aromatic heterocycles. The first-order valence-corrected chi connectivity index (χ1v) is 9.04. The number of aryl methyl sites for hydroxylation is 2. The average Bonchev–Trinajstić information content (AvgIpc) is 3.13. The second-order valence-corrected chi connectivity index (χ2v) is 6.62. The van der Waals surface area contributed by atoms with E-state index < -0.39 is 29.5 Å². The van der Waals surface area contributed by atoms with Crippen LogP contribution >= 0.6 is 0 Å². The summed E-state index contributed by atoms with van der Waals surface area (Å²) in [5.41, 5.74) is 0.633. The van der Waals surface area contributed by atoms with E-state index in [9.17, 15) is 19.2 Å². The molecule has 1 aliphatic carbocycles. The third-order valence-electron chi connectivity index (χ3n) is 4.69. The molecule has 1 aliphatic rings. The molecule has 0 fully saturated rings. The zero-order chi connectivity index (χ0) is 20.3. The second kappa shape index (κ2) is 8.08. The molecule has 1 amide bonds. The fraction of sp³-hybridized carbons (Fsp3) is 0.300. The fourth-order valence-electron chi connectivity index (χ4n) is 3.38.